The molecule has 27 heavy (non-hydrogen) atoms. The lowest BCUT2D eigenvalue weighted by Gasteiger charge is -2.24. The fourth-order valence-electron chi connectivity index (χ4n) is 4.45. The van der Waals surface area contributed by atoms with Crippen LogP contribution in [-0.4, -0.2) is 38.3 Å². The summed E-state index contributed by atoms with van der Waals surface area (Å²) >= 11 is 0. The molecule has 0 aliphatic carbocycles. The third-order valence-electron chi connectivity index (χ3n) is 6.05. The van der Waals surface area contributed by atoms with Gasteiger partial charge in [0.05, 0.1) is 10.9 Å². The second-order valence-corrected chi connectivity index (χ2v) is 7.77. The van der Waals surface area contributed by atoms with Crippen molar-refractivity contribution in [2.24, 2.45) is 0 Å². The average molecular weight is 364 g/mol. The first-order valence-corrected chi connectivity index (χ1v) is 9.94. The summed E-state index contributed by atoms with van der Waals surface area (Å²) in [6.07, 6.45) is 7.01. The molecule has 4 rings (SSSR count). The average Bonchev–Trinajstić information content (AvgIpc) is 3.20. The Labute approximate surface area is 159 Å². The predicted molar refractivity (Wildman–Crippen MR) is 112 cm³/mol. The molecule has 3 aromatic rings. The van der Waals surface area contributed by atoms with E-state index in [1.165, 1.54) is 12.8 Å². The van der Waals surface area contributed by atoms with Crippen molar-refractivity contribution < 1.29 is 0 Å². The summed E-state index contributed by atoms with van der Waals surface area (Å²) in [6.45, 7) is 10.2. The van der Waals surface area contributed by atoms with Gasteiger partial charge in [0.1, 0.15) is 5.52 Å². The largest absolute Gasteiger partial charge is 0.308 e. The van der Waals surface area contributed by atoms with Gasteiger partial charge < -0.3 is 4.57 Å². The Morgan fingerprint density at radius 3 is 2.70 bits per heavy atom. The number of nitrogens with zero attached hydrogens (tertiary/aromatic N) is 3. The molecule has 2 atom stereocenters. The Morgan fingerprint density at radius 2 is 2.00 bits per heavy atom. The lowest BCUT2D eigenvalue weighted by molar-refractivity contribution is 0.239. The van der Waals surface area contributed by atoms with Gasteiger partial charge in [-0.3, -0.25) is 14.8 Å². The highest BCUT2D eigenvalue weighted by Gasteiger charge is 2.25. The third-order valence-corrected chi connectivity index (χ3v) is 6.05. The van der Waals surface area contributed by atoms with E-state index < -0.39 is 0 Å². The van der Waals surface area contributed by atoms with Gasteiger partial charge in [-0.1, -0.05) is 18.2 Å². The zero-order valence-electron chi connectivity index (χ0n) is 16.6. The Bertz CT molecular complexity index is 1070. The van der Waals surface area contributed by atoms with Crippen molar-refractivity contribution in [2.45, 2.75) is 59.2 Å². The van der Waals surface area contributed by atoms with Crippen LogP contribution >= 0.6 is 0 Å². The number of aryl methyl sites for hydroxylation is 2. The lowest BCUT2D eigenvalue weighted by Crippen LogP contribution is -2.32. The topological polar surface area (TPSA) is 53.9 Å². The molecule has 1 fully saturated rings. The fraction of sp³-hybridized carbons (Fsp3) is 0.455. The number of aromatic nitrogens is 3. The summed E-state index contributed by atoms with van der Waals surface area (Å²) in [6, 6.07) is 7.60. The van der Waals surface area contributed by atoms with Crippen LogP contribution in [0.4, 0.5) is 0 Å². The van der Waals surface area contributed by atoms with Gasteiger partial charge in [-0.15, -0.1) is 0 Å². The van der Waals surface area contributed by atoms with Crippen LogP contribution in [0.25, 0.3) is 27.9 Å². The lowest BCUT2D eigenvalue weighted by atomic mass is 10.1. The SMILES string of the molecule is CCn1c(=O)c2c(C)[nH]nc2c2cc(C=CCN3[C@H](C)CC[C@@H]3C)ccc21. The monoisotopic (exact) mass is 364 g/mol. The zero-order valence-corrected chi connectivity index (χ0v) is 16.6. The molecule has 1 saturated heterocycles. The molecule has 0 saturated carbocycles. The van der Waals surface area contributed by atoms with Crippen molar-refractivity contribution in [1.29, 1.82) is 0 Å². The second-order valence-electron chi connectivity index (χ2n) is 7.77. The highest BCUT2D eigenvalue weighted by Crippen LogP contribution is 2.25. The fourth-order valence-corrected chi connectivity index (χ4v) is 4.45. The molecular weight excluding hydrogens is 336 g/mol. The minimum absolute atomic E-state index is 0.0338. The summed E-state index contributed by atoms with van der Waals surface area (Å²) in [7, 11) is 0. The molecule has 1 N–H and O–H groups in total. The van der Waals surface area contributed by atoms with E-state index in [4.69, 9.17) is 0 Å². The van der Waals surface area contributed by atoms with E-state index >= 15 is 0 Å². The number of H-pyrrole nitrogens is 1. The van der Waals surface area contributed by atoms with Crippen molar-refractivity contribution in [3.05, 3.63) is 45.9 Å². The maximum absolute atomic E-state index is 12.8. The number of hydrogen-bond acceptors (Lipinski definition) is 3. The number of rotatable bonds is 4. The molecule has 0 radical (unpaired) electrons. The Kier molecular flexibility index (Phi) is 4.64. The number of aromatic amines is 1. The van der Waals surface area contributed by atoms with Crippen LogP contribution in [-0.2, 0) is 6.54 Å². The third kappa shape index (κ3) is 3.00. The molecule has 0 spiro atoms. The first kappa shape index (κ1) is 18.0. The molecule has 142 valence electrons. The molecule has 3 heterocycles. The van der Waals surface area contributed by atoms with Gasteiger partial charge in [0, 0.05) is 36.3 Å². The van der Waals surface area contributed by atoms with Gasteiger partial charge in [0.2, 0.25) is 0 Å². The van der Waals surface area contributed by atoms with Crippen LogP contribution in [0.1, 0.15) is 44.9 Å². The molecule has 0 bridgehead atoms. The summed E-state index contributed by atoms with van der Waals surface area (Å²) in [5.74, 6) is 0. The van der Waals surface area contributed by atoms with Crippen LogP contribution in [0.15, 0.2) is 29.1 Å². The minimum Gasteiger partial charge on any atom is -0.308 e. The van der Waals surface area contributed by atoms with E-state index in [0.29, 0.717) is 24.0 Å². The molecular formula is C22H28N4O. The van der Waals surface area contributed by atoms with Crippen LogP contribution in [0.5, 0.6) is 0 Å². The van der Waals surface area contributed by atoms with Crippen LogP contribution < -0.4 is 5.56 Å². The van der Waals surface area contributed by atoms with E-state index in [1.54, 1.807) is 0 Å². The standard InChI is InChI=1S/C22H28N4O/c1-5-25-19-11-10-17(7-6-12-26-14(2)8-9-15(26)3)13-18(19)21-20(22(25)27)16(4)23-24-21/h6-7,10-11,13-15H,5,8-9,12H2,1-4H3,(H,23,24)/t14-,15+. The zero-order chi connectivity index (χ0) is 19.1. The minimum atomic E-state index is 0.0338. The first-order chi connectivity index (χ1) is 13.0. The second kappa shape index (κ2) is 6.97. The summed E-state index contributed by atoms with van der Waals surface area (Å²) in [4.78, 5) is 15.4. The van der Waals surface area contributed by atoms with E-state index in [2.05, 4.69) is 53.2 Å². The van der Waals surface area contributed by atoms with E-state index in [0.717, 1.165) is 34.2 Å². The van der Waals surface area contributed by atoms with E-state index in [-0.39, 0.29) is 5.56 Å². The molecule has 1 aliphatic rings. The van der Waals surface area contributed by atoms with Crippen LogP contribution in [0.2, 0.25) is 0 Å². The van der Waals surface area contributed by atoms with Gasteiger partial charge in [-0.25, -0.2) is 0 Å². The van der Waals surface area contributed by atoms with Crippen molar-refractivity contribution in [2.75, 3.05) is 6.54 Å². The van der Waals surface area contributed by atoms with Crippen molar-refractivity contribution in [3.8, 4) is 0 Å². The van der Waals surface area contributed by atoms with E-state index in [1.807, 2.05) is 24.5 Å². The van der Waals surface area contributed by atoms with Crippen molar-refractivity contribution in [1.82, 2.24) is 19.7 Å². The van der Waals surface area contributed by atoms with Crippen molar-refractivity contribution in [3.63, 3.8) is 0 Å². The van der Waals surface area contributed by atoms with Crippen LogP contribution in [0.3, 0.4) is 0 Å². The Morgan fingerprint density at radius 1 is 1.26 bits per heavy atom. The number of fused-ring (bicyclic) bond motifs is 3. The molecule has 5 nitrogen and oxygen atoms in total. The first-order valence-electron chi connectivity index (χ1n) is 9.94. The summed E-state index contributed by atoms with van der Waals surface area (Å²) < 4.78 is 1.83. The van der Waals surface area contributed by atoms with Crippen molar-refractivity contribution >= 4 is 27.9 Å². The quantitative estimate of drug-likeness (QED) is 0.758. The molecule has 0 amide bonds. The molecule has 1 aromatic carbocycles. The highest BCUT2D eigenvalue weighted by molar-refractivity contribution is 6.04. The van der Waals surface area contributed by atoms with Crippen LogP contribution in [0, 0.1) is 6.92 Å². The number of pyridine rings is 1. The Hall–Kier alpha value is -2.40. The molecule has 0 unspecified atom stereocenters. The maximum atomic E-state index is 12.8. The van der Waals surface area contributed by atoms with Gasteiger partial charge >= 0.3 is 0 Å². The molecule has 2 aromatic heterocycles. The van der Waals surface area contributed by atoms with Gasteiger partial charge in [-0.05, 0) is 58.2 Å². The highest BCUT2D eigenvalue weighted by atomic mass is 16.1. The Balaban J connectivity index is 1.74. The van der Waals surface area contributed by atoms with Gasteiger partial charge in [0.15, 0.2) is 0 Å². The maximum Gasteiger partial charge on any atom is 0.262 e. The normalized spacial score (nSPS) is 21.2. The predicted octanol–water partition coefficient (Wildman–Crippen LogP) is 4.09. The molecule has 5 heteroatoms. The number of benzene rings is 1. The van der Waals surface area contributed by atoms with Gasteiger partial charge in [0.25, 0.3) is 5.56 Å². The number of nitrogens with one attached hydrogen (secondary N) is 1. The number of likely N-dealkylation sites (tertiary alicyclic amines) is 1. The summed E-state index contributed by atoms with van der Waals surface area (Å²) in [5.41, 5.74) is 3.73. The van der Waals surface area contributed by atoms with E-state index in [9.17, 15) is 4.79 Å². The number of hydrogen-bond donors (Lipinski definition) is 1. The smallest absolute Gasteiger partial charge is 0.262 e. The van der Waals surface area contributed by atoms with Gasteiger partial charge in [-0.2, -0.15) is 5.10 Å². The molecule has 1 aliphatic heterocycles. The summed E-state index contributed by atoms with van der Waals surface area (Å²) in [5, 5.41) is 9.13.